The predicted molar refractivity (Wildman–Crippen MR) is 59.0 cm³/mol. The second-order valence-electron chi connectivity index (χ2n) is 3.96. The fourth-order valence-corrected chi connectivity index (χ4v) is 1.48. The van der Waals surface area contributed by atoms with Crippen molar-refractivity contribution in [3.63, 3.8) is 0 Å². The van der Waals surface area contributed by atoms with Gasteiger partial charge in [-0.05, 0) is 24.1 Å². The minimum absolute atomic E-state index is 0.264. The summed E-state index contributed by atoms with van der Waals surface area (Å²) in [5.41, 5.74) is 2.22. The molecule has 1 atom stereocenters. The number of benzene rings is 1. The Morgan fingerprint density at radius 2 is 2.07 bits per heavy atom. The standard InChI is InChI=1S/C12H19NO/c1-9(2)12(14)11-6-4-5-10(7-11)8-13-3/h4-7,9,12-14H,8H2,1-3H3. The van der Waals surface area contributed by atoms with Crippen molar-refractivity contribution >= 4 is 0 Å². The topological polar surface area (TPSA) is 32.3 Å². The quantitative estimate of drug-likeness (QED) is 0.767. The Morgan fingerprint density at radius 1 is 1.36 bits per heavy atom. The van der Waals surface area contributed by atoms with Gasteiger partial charge < -0.3 is 10.4 Å². The van der Waals surface area contributed by atoms with E-state index in [0.717, 1.165) is 12.1 Å². The maximum atomic E-state index is 9.87. The Labute approximate surface area is 86.0 Å². The number of aliphatic hydroxyl groups excluding tert-OH is 1. The van der Waals surface area contributed by atoms with Gasteiger partial charge in [0.05, 0.1) is 6.10 Å². The monoisotopic (exact) mass is 193 g/mol. The maximum absolute atomic E-state index is 9.87. The van der Waals surface area contributed by atoms with Crippen molar-refractivity contribution in [1.29, 1.82) is 0 Å². The molecule has 0 aliphatic heterocycles. The van der Waals surface area contributed by atoms with Crippen molar-refractivity contribution in [2.24, 2.45) is 5.92 Å². The highest BCUT2D eigenvalue weighted by Gasteiger charge is 2.11. The average molecular weight is 193 g/mol. The number of hydrogen-bond acceptors (Lipinski definition) is 2. The molecule has 1 aromatic rings. The number of hydrogen-bond donors (Lipinski definition) is 2. The zero-order valence-electron chi connectivity index (χ0n) is 9.12. The van der Waals surface area contributed by atoms with Gasteiger partial charge in [0, 0.05) is 6.54 Å². The lowest BCUT2D eigenvalue weighted by Gasteiger charge is -2.15. The van der Waals surface area contributed by atoms with Gasteiger partial charge in [0.1, 0.15) is 0 Å². The highest BCUT2D eigenvalue weighted by atomic mass is 16.3. The molecule has 2 nitrogen and oxygen atoms in total. The maximum Gasteiger partial charge on any atom is 0.0813 e. The fraction of sp³-hybridized carbons (Fsp3) is 0.500. The molecule has 0 aliphatic carbocycles. The molecule has 0 spiro atoms. The molecule has 0 saturated carbocycles. The molecule has 0 fully saturated rings. The van der Waals surface area contributed by atoms with E-state index in [9.17, 15) is 5.11 Å². The average Bonchev–Trinajstić information content (AvgIpc) is 2.17. The van der Waals surface area contributed by atoms with Crippen LogP contribution in [-0.2, 0) is 6.54 Å². The van der Waals surface area contributed by atoms with Crippen LogP contribution in [0.2, 0.25) is 0 Å². The van der Waals surface area contributed by atoms with E-state index in [1.54, 1.807) is 0 Å². The molecule has 1 rings (SSSR count). The van der Waals surface area contributed by atoms with Crippen LogP contribution in [0.25, 0.3) is 0 Å². The smallest absolute Gasteiger partial charge is 0.0813 e. The van der Waals surface area contributed by atoms with E-state index in [0.29, 0.717) is 0 Å². The van der Waals surface area contributed by atoms with Gasteiger partial charge in [0.2, 0.25) is 0 Å². The molecular weight excluding hydrogens is 174 g/mol. The molecule has 1 aromatic carbocycles. The summed E-state index contributed by atoms with van der Waals surface area (Å²) in [5.74, 6) is 0.264. The van der Waals surface area contributed by atoms with Crippen molar-refractivity contribution in [2.75, 3.05) is 7.05 Å². The van der Waals surface area contributed by atoms with Crippen molar-refractivity contribution < 1.29 is 5.11 Å². The third-order valence-corrected chi connectivity index (χ3v) is 2.30. The van der Waals surface area contributed by atoms with E-state index in [2.05, 4.69) is 17.4 Å². The van der Waals surface area contributed by atoms with E-state index in [1.807, 2.05) is 33.0 Å². The van der Waals surface area contributed by atoms with E-state index >= 15 is 0 Å². The summed E-state index contributed by atoms with van der Waals surface area (Å²) in [6.07, 6.45) is -0.355. The summed E-state index contributed by atoms with van der Waals surface area (Å²) in [6.45, 7) is 4.89. The van der Waals surface area contributed by atoms with Crippen LogP contribution in [0.3, 0.4) is 0 Å². The predicted octanol–water partition coefficient (Wildman–Crippen LogP) is 2.10. The highest BCUT2D eigenvalue weighted by Crippen LogP contribution is 2.21. The largest absolute Gasteiger partial charge is 0.388 e. The minimum Gasteiger partial charge on any atom is -0.388 e. The first-order chi connectivity index (χ1) is 6.65. The van der Waals surface area contributed by atoms with Gasteiger partial charge in [0.15, 0.2) is 0 Å². The van der Waals surface area contributed by atoms with E-state index in [1.165, 1.54) is 5.56 Å². The molecule has 0 saturated heterocycles. The Kier molecular flexibility index (Phi) is 4.11. The van der Waals surface area contributed by atoms with Gasteiger partial charge >= 0.3 is 0 Å². The van der Waals surface area contributed by atoms with Crippen LogP contribution in [0, 0.1) is 5.92 Å². The number of rotatable bonds is 4. The van der Waals surface area contributed by atoms with Gasteiger partial charge in [-0.3, -0.25) is 0 Å². The number of aliphatic hydroxyl groups is 1. The highest BCUT2D eigenvalue weighted by molar-refractivity contribution is 5.25. The van der Waals surface area contributed by atoms with Crippen LogP contribution in [0.1, 0.15) is 31.1 Å². The van der Waals surface area contributed by atoms with Crippen LogP contribution in [0.15, 0.2) is 24.3 Å². The zero-order valence-corrected chi connectivity index (χ0v) is 9.12. The second-order valence-corrected chi connectivity index (χ2v) is 3.96. The van der Waals surface area contributed by atoms with Gasteiger partial charge in [-0.2, -0.15) is 0 Å². The second kappa shape index (κ2) is 5.13. The third-order valence-electron chi connectivity index (χ3n) is 2.30. The minimum atomic E-state index is -0.355. The van der Waals surface area contributed by atoms with Crippen molar-refractivity contribution in [3.8, 4) is 0 Å². The summed E-state index contributed by atoms with van der Waals surface area (Å²) in [4.78, 5) is 0. The molecule has 78 valence electrons. The fourth-order valence-electron chi connectivity index (χ4n) is 1.48. The van der Waals surface area contributed by atoms with E-state index in [4.69, 9.17) is 0 Å². The summed E-state index contributed by atoms with van der Waals surface area (Å²) >= 11 is 0. The van der Waals surface area contributed by atoms with Crippen molar-refractivity contribution in [3.05, 3.63) is 35.4 Å². The first-order valence-corrected chi connectivity index (χ1v) is 5.06. The molecule has 0 aliphatic rings. The lowest BCUT2D eigenvalue weighted by molar-refractivity contribution is 0.127. The lowest BCUT2D eigenvalue weighted by Crippen LogP contribution is -2.08. The molecule has 0 aromatic heterocycles. The van der Waals surface area contributed by atoms with Gasteiger partial charge in [0.25, 0.3) is 0 Å². The number of nitrogens with one attached hydrogen (secondary N) is 1. The van der Waals surface area contributed by atoms with E-state index < -0.39 is 0 Å². The SMILES string of the molecule is CNCc1cccc(C(O)C(C)C)c1. The first kappa shape index (κ1) is 11.2. The molecule has 14 heavy (non-hydrogen) atoms. The van der Waals surface area contributed by atoms with Crippen molar-refractivity contribution in [1.82, 2.24) is 5.32 Å². The Morgan fingerprint density at radius 3 is 2.64 bits per heavy atom. The van der Waals surface area contributed by atoms with Crippen LogP contribution < -0.4 is 5.32 Å². The van der Waals surface area contributed by atoms with Gasteiger partial charge in [-0.15, -0.1) is 0 Å². The molecule has 2 N–H and O–H groups in total. The zero-order chi connectivity index (χ0) is 10.6. The summed E-state index contributed by atoms with van der Waals surface area (Å²) in [7, 11) is 1.92. The van der Waals surface area contributed by atoms with Crippen LogP contribution in [0.5, 0.6) is 0 Å². The Balaban J connectivity index is 2.82. The molecule has 0 bridgehead atoms. The molecule has 1 unspecified atom stereocenters. The third kappa shape index (κ3) is 2.82. The van der Waals surface area contributed by atoms with Gasteiger partial charge in [-0.25, -0.2) is 0 Å². The van der Waals surface area contributed by atoms with Crippen LogP contribution in [0.4, 0.5) is 0 Å². The molecule has 0 amide bonds. The lowest BCUT2D eigenvalue weighted by atomic mass is 9.98. The molecular formula is C12H19NO. The summed E-state index contributed by atoms with van der Waals surface area (Å²) < 4.78 is 0. The summed E-state index contributed by atoms with van der Waals surface area (Å²) in [6, 6.07) is 8.09. The van der Waals surface area contributed by atoms with Gasteiger partial charge in [-0.1, -0.05) is 38.1 Å². The molecule has 2 heteroatoms. The Hall–Kier alpha value is -0.860. The normalized spacial score (nSPS) is 13.2. The van der Waals surface area contributed by atoms with Crippen LogP contribution >= 0.6 is 0 Å². The first-order valence-electron chi connectivity index (χ1n) is 5.06. The molecule has 0 radical (unpaired) electrons. The molecule has 0 heterocycles. The Bertz CT molecular complexity index is 283. The van der Waals surface area contributed by atoms with Crippen molar-refractivity contribution in [2.45, 2.75) is 26.5 Å². The van der Waals surface area contributed by atoms with Crippen LogP contribution in [-0.4, -0.2) is 12.2 Å². The summed E-state index contributed by atoms with van der Waals surface area (Å²) in [5, 5.41) is 13.0. The van der Waals surface area contributed by atoms with E-state index in [-0.39, 0.29) is 12.0 Å².